The third-order valence-corrected chi connectivity index (χ3v) is 7.37. The van der Waals surface area contributed by atoms with Gasteiger partial charge >= 0.3 is 6.80 Å². The van der Waals surface area contributed by atoms with E-state index in [2.05, 4.69) is 0 Å². The molecule has 0 saturated heterocycles. The minimum Gasteiger partial charge on any atom is -0.457 e. The maximum atomic E-state index is 12.7. The number of hydrogen-bond acceptors (Lipinski definition) is 7. The van der Waals surface area contributed by atoms with Crippen LogP contribution in [0.25, 0.3) is 0 Å². The molecule has 0 N–H and O–H groups in total. The van der Waals surface area contributed by atoms with Gasteiger partial charge in [0, 0.05) is 24.0 Å². The smallest absolute Gasteiger partial charge is 0.440 e. The van der Waals surface area contributed by atoms with E-state index in [0.717, 1.165) is 17.8 Å². The summed E-state index contributed by atoms with van der Waals surface area (Å²) in [6.45, 7) is 0.617. The lowest BCUT2D eigenvalue weighted by Crippen LogP contribution is -1.97. The van der Waals surface area contributed by atoms with Crippen molar-refractivity contribution in [3.8, 4) is 17.2 Å². The van der Waals surface area contributed by atoms with E-state index < -0.39 is 11.7 Å². The van der Waals surface area contributed by atoms with Gasteiger partial charge in [-0.2, -0.15) is 0 Å². The Hall–Kier alpha value is -1.73. The van der Waals surface area contributed by atoms with Crippen LogP contribution in [-0.2, 0) is 9.09 Å². The summed E-state index contributed by atoms with van der Waals surface area (Å²) in [5.41, 5.74) is -0.0274. The van der Waals surface area contributed by atoms with Gasteiger partial charge in [-0.05, 0) is 49.0 Å². The minimum atomic E-state index is -3.35. The third kappa shape index (κ3) is 6.43. The number of halogens is 1. The van der Waals surface area contributed by atoms with Gasteiger partial charge < -0.3 is 9.26 Å². The summed E-state index contributed by atoms with van der Waals surface area (Å²) in [7, 11) is 0. The molecule has 1 unspecified atom stereocenters. The number of nitro groups is 1. The maximum Gasteiger partial charge on any atom is 0.440 e. The Kier molecular flexibility index (Phi) is 7.98. The Morgan fingerprint density at radius 2 is 1.81 bits per heavy atom. The summed E-state index contributed by atoms with van der Waals surface area (Å²) in [5.74, 6) is 1.70. The average molecular weight is 432 g/mol. The Labute approximate surface area is 166 Å². The fraction of sp³-hybridized carbons (Fsp3) is 0.294. The fourth-order valence-electron chi connectivity index (χ4n) is 1.96. The van der Waals surface area contributed by atoms with Gasteiger partial charge in [0.15, 0.2) is 0 Å². The average Bonchev–Trinajstić information content (AvgIpc) is 2.63. The standard InChI is InChI=1S/C17H19ClNO6PS/c1-3-11-27-26(22,23-4-2)25-17-10-9-15(12-16(17)18)24-14-7-5-13(6-8-14)19(20)21/h5-10,12H,3-4,11H2,1-2H3. The highest BCUT2D eigenvalue weighted by molar-refractivity contribution is 8.55. The summed E-state index contributed by atoms with van der Waals surface area (Å²) in [6.07, 6.45) is 0.834. The number of ether oxygens (including phenoxy) is 1. The molecule has 7 nitrogen and oxygen atoms in total. The highest BCUT2D eigenvalue weighted by Gasteiger charge is 2.27. The van der Waals surface area contributed by atoms with Gasteiger partial charge in [0.25, 0.3) is 5.69 Å². The largest absolute Gasteiger partial charge is 0.457 e. The van der Waals surface area contributed by atoms with E-state index in [1.54, 1.807) is 19.1 Å². The second-order valence-electron chi connectivity index (χ2n) is 5.23. The molecule has 0 amide bonds. The number of rotatable bonds is 10. The van der Waals surface area contributed by atoms with Crippen LogP contribution in [0, 0.1) is 10.1 Å². The number of hydrogen-bond donors (Lipinski definition) is 0. The van der Waals surface area contributed by atoms with E-state index in [1.807, 2.05) is 6.92 Å². The Morgan fingerprint density at radius 1 is 1.15 bits per heavy atom. The summed E-state index contributed by atoms with van der Waals surface area (Å²) in [6, 6.07) is 10.3. The molecule has 0 spiro atoms. The number of benzene rings is 2. The highest BCUT2D eigenvalue weighted by Crippen LogP contribution is 2.61. The molecule has 0 bridgehead atoms. The predicted molar refractivity (Wildman–Crippen MR) is 107 cm³/mol. The lowest BCUT2D eigenvalue weighted by atomic mass is 10.3. The predicted octanol–water partition coefficient (Wildman–Crippen LogP) is 6.71. The van der Waals surface area contributed by atoms with Crippen LogP contribution in [0.2, 0.25) is 5.02 Å². The quantitative estimate of drug-likeness (QED) is 0.234. The van der Waals surface area contributed by atoms with Crippen molar-refractivity contribution in [2.75, 3.05) is 12.4 Å². The van der Waals surface area contributed by atoms with Crippen LogP contribution >= 0.6 is 29.8 Å². The van der Waals surface area contributed by atoms with E-state index in [-0.39, 0.29) is 23.1 Å². The van der Waals surface area contributed by atoms with Gasteiger partial charge in [0.1, 0.15) is 17.2 Å². The van der Waals surface area contributed by atoms with Crippen molar-refractivity contribution >= 4 is 35.5 Å². The zero-order chi connectivity index (χ0) is 19.9. The first-order chi connectivity index (χ1) is 12.9. The van der Waals surface area contributed by atoms with Crippen molar-refractivity contribution in [2.24, 2.45) is 0 Å². The molecular weight excluding hydrogens is 413 g/mol. The zero-order valence-electron chi connectivity index (χ0n) is 14.8. The molecule has 0 aliphatic carbocycles. The molecule has 0 saturated carbocycles. The van der Waals surface area contributed by atoms with E-state index in [0.29, 0.717) is 17.3 Å². The van der Waals surface area contributed by atoms with Gasteiger partial charge in [-0.15, -0.1) is 0 Å². The van der Waals surface area contributed by atoms with Gasteiger partial charge in [-0.25, -0.2) is 4.57 Å². The lowest BCUT2D eigenvalue weighted by Gasteiger charge is -2.18. The molecule has 0 aliphatic heterocycles. The summed E-state index contributed by atoms with van der Waals surface area (Å²) in [5, 5.41) is 10.9. The Balaban J connectivity index is 2.12. The molecular formula is C17H19ClNO6PS. The van der Waals surface area contributed by atoms with Crippen molar-refractivity contribution in [1.29, 1.82) is 0 Å². The molecule has 0 fully saturated rings. The lowest BCUT2D eigenvalue weighted by molar-refractivity contribution is -0.384. The van der Waals surface area contributed by atoms with E-state index in [9.17, 15) is 14.7 Å². The molecule has 0 radical (unpaired) electrons. The van der Waals surface area contributed by atoms with Crippen LogP contribution in [0.3, 0.4) is 0 Å². The molecule has 10 heteroatoms. The van der Waals surface area contributed by atoms with Gasteiger partial charge in [0.2, 0.25) is 0 Å². The highest BCUT2D eigenvalue weighted by atomic mass is 35.5. The van der Waals surface area contributed by atoms with Gasteiger partial charge in [-0.3, -0.25) is 14.6 Å². The summed E-state index contributed by atoms with van der Waals surface area (Å²) in [4.78, 5) is 10.2. The molecule has 2 aromatic rings. The molecule has 146 valence electrons. The Morgan fingerprint density at radius 3 is 2.37 bits per heavy atom. The second kappa shape index (κ2) is 9.99. The number of nitrogens with zero attached hydrogens (tertiary/aromatic N) is 1. The first-order valence-corrected chi connectivity index (χ1v) is 11.7. The number of non-ortho nitro benzene ring substituents is 1. The monoisotopic (exact) mass is 431 g/mol. The molecule has 2 aromatic carbocycles. The normalized spacial score (nSPS) is 13.0. The Bertz CT molecular complexity index is 833. The molecule has 0 heterocycles. The van der Waals surface area contributed by atoms with Crippen LogP contribution < -0.4 is 9.26 Å². The van der Waals surface area contributed by atoms with Gasteiger partial charge in [-0.1, -0.05) is 18.5 Å². The van der Waals surface area contributed by atoms with Crippen LogP contribution in [0.15, 0.2) is 42.5 Å². The molecule has 0 aromatic heterocycles. The van der Waals surface area contributed by atoms with Crippen LogP contribution in [0.5, 0.6) is 17.2 Å². The first kappa shape index (κ1) is 21.6. The second-order valence-corrected chi connectivity index (χ2v) is 9.76. The zero-order valence-corrected chi connectivity index (χ0v) is 17.3. The summed E-state index contributed by atoms with van der Waals surface area (Å²) < 4.78 is 29.2. The van der Waals surface area contributed by atoms with E-state index in [1.165, 1.54) is 30.3 Å². The van der Waals surface area contributed by atoms with Crippen molar-refractivity contribution in [3.63, 3.8) is 0 Å². The van der Waals surface area contributed by atoms with Crippen LogP contribution in [-0.4, -0.2) is 17.3 Å². The van der Waals surface area contributed by atoms with Gasteiger partial charge in [0.05, 0.1) is 16.6 Å². The van der Waals surface area contributed by atoms with Crippen LogP contribution in [0.1, 0.15) is 20.3 Å². The van der Waals surface area contributed by atoms with E-state index >= 15 is 0 Å². The fourth-order valence-corrected chi connectivity index (χ4v) is 5.69. The maximum absolute atomic E-state index is 12.7. The van der Waals surface area contributed by atoms with Crippen molar-refractivity contribution in [2.45, 2.75) is 20.3 Å². The molecule has 2 rings (SSSR count). The summed E-state index contributed by atoms with van der Waals surface area (Å²) >= 11 is 7.35. The molecule has 0 aliphatic rings. The first-order valence-electron chi connectivity index (χ1n) is 8.17. The van der Waals surface area contributed by atoms with Crippen LogP contribution in [0.4, 0.5) is 5.69 Å². The van der Waals surface area contributed by atoms with Crippen molar-refractivity contribution in [1.82, 2.24) is 0 Å². The topological polar surface area (TPSA) is 87.9 Å². The van der Waals surface area contributed by atoms with Crippen molar-refractivity contribution < 1.29 is 23.3 Å². The third-order valence-electron chi connectivity index (χ3n) is 3.14. The van der Waals surface area contributed by atoms with Crippen molar-refractivity contribution in [3.05, 3.63) is 57.6 Å². The SMILES string of the molecule is CCCSP(=O)(OCC)Oc1ccc(Oc2ccc([N+](=O)[O-])cc2)cc1Cl. The van der Waals surface area contributed by atoms with E-state index in [4.69, 9.17) is 25.4 Å². The molecule has 27 heavy (non-hydrogen) atoms. The molecule has 1 atom stereocenters. The number of nitro benzene ring substituents is 1. The minimum absolute atomic E-state index is 0.0274.